The second kappa shape index (κ2) is 7.92. The quantitative estimate of drug-likeness (QED) is 0.645. The molecule has 1 heterocycles. The summed E-state index contributed by atoms with van der Waals surface area (Å²) in [4.78, 5) is 15.7. The van der Waals surface area contributed by atoms with Gasteiger partial charge in [-0.3, -0.25) is 0 Å². The van der Waals surface area contributed by atoms with Gasteiger partial charge in [-0.2, -0.15) is 0 Å². The number of rotatable bonds is 5. The fourth-order valence-corrected chi connectivity index (χ4v) is 3.87. The molecule has 0 spiro atoms. The van der Waals surface area contributed by atoms with Crippen molar-refractivity contribution in [3.63, 3.8) is 0 Å². The first-order chi connectivity index (χ1) is 12.9. The number of hydrogen-bond donors (Lipinski definition) is 1. The Kier molecular flexibility index (Phi) is 5.61. The summed E-state index contributed by atoms with van der Waals surface area (Å²) in [6, 6.07) is 17.0. The van der Waals surface area contributed by atoms with Crippen LogP contribution in [-0.2, 0) is 0 Å². The topological polar surface area (TPSA) is 53.7 Å². The third-order valence-electron chi connectivity index (χ3n) is 4.31. The third kappa shape index (κ3) is 4.19. The van der Waals surface area contributed by atoms with Crippen LogP contribution in [0, 0.1) is 0 Å². The summed E-state index contributed by atoms with van der Waals surface area (Å²) in [6.07, 6.45) is 0. The van der Waals surface area contributed by atoms with Crippen molar-refractivity contribution in [2.75, 3.05) is 19.0 Å². The first-order valence-electron chi connectivity index (χ1n) is 8.78. The third-order valence-corrected chi connectivity index (χ3v) is 5.48. The van der Waals surface area contributed by atoms with Gasteiger partial charge in [0, 0.05) is 36.3 Å². The van der Waals surface area contributed by atoms with Gasteiger partial charge in [0.2, 0.25) is 0 Å². The van der Waals surface area contributed by atoms with Crippen molar-refractivity contribution >= 4 is 17.4 Å². The Hall–Kier alpha value is -2.66. The van der Waals surface area contributed by atoms with E-state index >= 15 is 0 Å². The summed E-state index contributed by atoms with van der Waals surface area (Å²) in [6.45, 7) is 4.20. The molecule has 0 aliphatic rings. The Morgan fingerprint density at radius 3 is 2.30 bits per heavy atom. The lowest BCUT2D eigenvalue weighted by Gasteiger charge is -2.13. The van der Waals surface area contributed by atoms with Gasteiger partial charge in [-0.05, 0) is 41.8 Å². The SMILES string of the molecule is CC(C)c1ccccc1Sc1c(O)cc(-c2ccc(N(C)C)cc2)oc1=O. The molecule has 0 atom stereocenters. The van der Waals surface area contributed by atoms with Gasteiger partial charge < -0.3 is 14.4 Å². The molecule has 0 bridgehead atoms. The summed E-state index contributed by atoms with van der Waals surface area (Å²) in [5.41, 5.74) is 2.38. The first kappa shape index (κ1) is 19.1. The van der Waals surface area contributed by atoms with Crippen LogP contribution in [0.2, 0.25) is 0 Å². The Balaban J connectivity index is 1.95. The van der Waals surface area contributed by atoms with E-state index in [9.17, 15) is 9.90 Å². The zero-order chi connectivity index (χ0) is 19.6. The van der Waals surface area contributed by atoms with Crippen LogP contribution in [0.3, 0.4) is 0 Å². The molecule has 0 amide bonds. The number of nitrogens with zero attached hydrogens (tertiary/aromatic N) is 1. The predicted octanol–water partition coefficient (Wildman–Crippen LogP) is 5.35. The Bertz CT molecular complexity index is 991. The monoisotopic (exact) mass is 381 g/mol. The van der Waals surface area contributed by atoms with E-state index in [-0.39, 0.29) is 10.6 Å². The fraction of sp³-hybridized carbons (Fsp3) is 0.227. The summed E-state index contributed by atoms with van der Waals surface area (Å²) >= 11 is 1.24. The van der Waals surface area contributed by atoms with Crippen molar-refractivity contribution in [3.05, 3.63) is 70.6 Å². The smallest absolute Gasteiger partial charge is 0.354 e. The molecule has 0 saturated heterocycles. The second-order valence-electron chi connectivity index (χ2n) is 6.85. The van der Waals surface area contributed by atoms with Crippen molar-refractivity contribution in [2.45, 2.75) is 29.6 Å². The van der Waals surface area contributed by atoms with Gasteiger partial charge >= 0.3 is 5.63 Å². The minimum Gasteiger partial charge on any atom is -0.506 e. The first-order valence-corrected chi connectivity index (χ1v) is 9.60. The van der Waals surface area contributed by atoms with E-state index in [1.165, 1.54) is 17.8 Å². The maximum Gasteiger partial charge on any atom is 0.354 e. The standard InChI is InChI=1S/C22H23NO3S/c1-14(2)17-7-5-6-8-20(17)27-21-18(24)13-19(26-22(21)25)15-9-11-16(12-10-15)23(3)4/h5-14,24H,1-4H3. The molecule has 27 heavy (non-hydrogen) atoms. The summed E-state index contributed by atoms with van der Waals surface area (Å²) in [7, 11) is 3.92. The number of hydrogen-bond acceptors (Lipinski definition) is 5. The van der Waals surface area contributed by atoms with Crippen LogP contribution in [0.4, 0.5) is 5.69 Å². The zero-order valence-corrected chi connectivity index (χ0v) is 16.7. The van der Waals surface area contributed by atoms with Gasteiger partial charge in [-0.1, -0.05) is 43.8 Å². The number of aromatic hydroxyl groups is 1. The number of benzene rings is 2. The fourth-order valence-electron chi connectivity index (χ4n) is 2.79. The van der Waals surface area contributed by atoms with Gasteiger partial charge in [-0.15, -0.1) is 0 Å². The molecule has 3 rings (SSSR count). The molecule has 5 heteroatoms. The molecule has 0 aliphatic heterocycles. The summed E-state index contributed by atoms with van der Waals surface area (Å²) in [5, 5.41) is 10.5. The Labute approximate surface area is 163 Å². The molecular weight excluding hydrogens is 358 g/mol. The van der Waals surface area contributed by atoms with Gasteiger partial charge in [0.1, 0.15) is 16.4 Å². The van der Waals surface area contributed by atoms with Crippen LogP contribution < -0.4 is 10.5 Å². The lowest BCUT2D eigenvalue weighted by atomic mass is 10.0. The highest BCUT2D eigenvalue weighted by atomic mass is 32.2. The van der Waals surface area contributed by atoms with E-state index in [2.05, 4.69) is 13.8 Å². The molecule has 0 saturated carbocycles. The van der Waals surface area contributed by atoms with Crippen LogP contribution in [-0.4, -0.2) is 19.2 Å². The van der Waals surface area contributed by atoms with E-state index in [4.69, 9.17) is 4.42 Å². The molecule has 0 unspecified atom stereocenters. The average Bonchev–Trinajstić information content (AvgIpc) is 2.64. The normalized spacial score (nSPS) is 11.0. The van der Waals surface area contributed by atoms with E-state index in [0.717, 1.165) is 21.7 Å². The summed E-state index contributed by atoms with van der Waals surface area (Å²) < 4.78 is 5.50. The molecule has 1 aromatic heterocycles. The highest BCUT2D eigenvalue weighted by Gasteiger charge is 2.16. The van der Waals surface area contributed by atoms with E-state index in [1.807, 2.05) is 67.5 Å². The average molecular weight is 381 g/mol. The Morgan fingerprint density at radius 2 is 1.70 bits per heavy atom. The van der Waals surface area contributed by atoms with Crippen LogP contribution in [0.25, 0.3) is 11.3 Å². The van der Waals surface area contributed by atoms with Gasteiger partial charge in [0.25, 0.3) is 0 Å². The second-order valence-corrected chi connectivity index (χ2v) is 7.90. The molecule has 1 N–H and O–H groups in total. The predicted molar refractivity (Wildman–Crippen MR) is 111 cm³/mol. The van der Waals surface area contributed by atoms with Crippen molar-refractivity contribution in [2.24, 2.45) is 0 Å². The van der Waals surface area contributed by atoms with Gasteiger partial charge in [0.05, 0.1) is 0 Å². The zero-order valence-electron chi connectivity index (χ0n) is 15.9. The van der Waals surface area contributed by atoms with E-state index < -0.39 is 5.63 Å². The van der Waals surface area contributed by atoms with Crippen LogP contribution >= 0.6 is 11.8 Å². The summed E-state index contributed by atoms with van der Waals surface area (Å²) in [5.74, 6) is 0.600. The molecular formula is C22H23NO3S. The number of anilines is 1. The van der Waals surface area contributed by atoms with E-state index in [0.29, 0.717) is 11.7 Å². The van der Waals surface area contributed by atoms with Gasteiger partial charge in [-0.25, -0.2) is 4.79 Å². The maximum atomic E-state index is 12.5. The molecule has 0 aliphatic carbocycles. The Morgan fingerprint density at radius 1 is 1.04 bits per heavy atom. The van der Waals surface area contributed by atoms with Crippen molar-refractivity contribution < 1.29 is 9.52 Å². The maximum absolute atomic E-state index is 12.5. The van der Waals surface area contributed by atoms with Crippen LogP contribution in [0.15, 0.2) is 73.6 Å². The highest BCUT2D eigenvalue weighted by Crippen LogP contribution is 2.37. The minimum absolute atomic E-state index is 0.0681. The van der Waals surface area contributed by atoms with Gasteiger partial charge in [0.15, 0.2) is 0 Å². The molecule has 3 aromatic rings. The lowest BCUT2D eigenvalue weighted by Crippen LogP contribution is -2.08. The lowest BCUT2D eigenvalue weighted by molar-refractivity contribution is 0.430. The largest absolute Gasteiger partial charge is 0.506 e. The molecule has 0 fully saturated rings. The van der Waals surface area contributed by atoms with Crippen molar-refractivity contribution in [1.29, 1.82) is 0 Å². The molecule has 140 valence electrons. The van der Waals surface area contributed by atoms with Crippen molar-refractivity contribution in [1.82, 2.24) is 0 Å². The van der Waals surface area contributed by atoms with Crippen LogP contribution in [0.5, 0.6) is 5.75 Å². The highest BCUT2D eigenvalue weighted by molar-refractivity contribution is 7.99. The van der Waals surface area contributed by atoms with E-state index in [1.54, 1.807) is 0 Å². The van der Waals surface area contributed by atoms with Crippen molar-refractivity contribution in [3.8, 4) is 17.1 Å². The van der Waals surface area contributed by atoms with Crippen LogP contribution in [0.1, 0.15) is 25.3 Å². The molecule has 0 radical (unpaired) electrons. The molecule has 2 aromatic carbocycles. The molecule has 4 nitrogen and oxygen atoms in total. The minimum atomic E-state index is -0.537.